The van der Waals surface area contributed by atoms with Crippen LogP contribution in [0.1, 0.15) is 29.8 Å². The van der Waals surface area contributed by atoms with Crippen LogP contribution in [0.25, 0.3) is 11.4 Å². The van der Waals surface area contributed by atoms with Crippen LogP contribution in [-0.4, -0.2) is 45.4 Å². The monoisotopic (exact) mass is 438 g/mol. The predicted molar refractivity (Wildman–Crippen MR) is 122 cm³/mol. The molecule has 7 nitrogen and oxygen atoms in total. The molecule has 0 bridgehead atoms. The first-order valence-corrected chi connectivity index (χ1v) is 10.8. The number of benzene rings is 2. The van der Waals surface area contributed by atoms with E-state index in [9.17, 15) is 9.59 Å². The lowest BCUT2D eigenvalue weighted by molar-refractivity contribution is -0.115. The molecular weight excluding hydrogens is 412 g/mol. The fourth-order valence-corrected chi connectivity index (χ4v) is 3.88. The topological polar surface area (TPSA) is 86.1 Å². The van der Waals surface area contributed by atoms with Gasteiger partial charge in [0.25, 0.3) is 0 Å². The summed E-state index contributed by atoms with van der Waals surface area (Å²) < 4.78 is 7.23. The van der Waals surface area contributed by atoms with Gasteiger partial charge in [0.1, 0.15) is 0 Å². The third kappa shape index (κ3) is 5.80. The van der Waals surface area contributed by atoms with Crippen LogP contribution in [0.4, 0.5) is 5.69 Å². The van der Waals surface area contributed by atoms with Gasteiger partial charge in [0.05, 0.1) is 18.4 Å². The van der Waals surface area contributed by atoms with Crippen molar-refractivity contribution in [3.63, 3.8) is 0 Å². The zero-order valence-electron chi connectivity index (χ0n) is 18.1. The molecule has 0 aliphatic heterocycles. The van der Waals surface area contributed by atoms with E-state index >= 15 is 0 Å². The number of rotatable bonds is 9. The minimum Gasteiger partial charge on any atom is -0.383 e. The van der Waals surface area contributed by atoms with E-state index in [-0.39, 0.29) is 11.7 Å². The van der Waals surface area contributed by atoms with Gasteiger partial charge in [-0.3, -0.25) is 14.2 Å². The van der Waals surface area contributed by atoms with E-state index in [1.165, 1.54) is 18.7 Å². The fourth-order valence-electron chi connectivity index (χ4n) is 3.00. The number of hydrogen-bond acceptors (Lipinski definition) is 6. The van der Waals surface area contributed by atoms with E-state index in [0.29, 0.717) is 29.6 Å². The van der Waals surface area contributed by atoms with Gasteiger partial charge in [-0.15, -0.1) is 10.2 Å². The summed E-state index contributed by atoms with van der Waals surface area (Å²) in [5, 5.41) is 11.9. The molecule has 2 aromatic carbocycles. The van der Waals surface area contributed by atoms with Crippen LogP contribution < -0.4 is 5.32 Å². The Bertz CT molecular complexity index is 1060. The van der Waals surface area contributed by atoms with E-state index in [1.807, 2.05) is 36.6 Å². The Morgan fingerprint density at radius 1 is 1.16 bits per heavy atom. The van der Waals surface area contributed by atoms with Crippen LogP contribution >= 0.6 is 11.8 Å². The zero-order chi connectivity index (χ0) is 22.4. The molecule has 1 amide bonds. The molecule has 3 aromatic rings. The van der Waals surface area contributed by atoms with Gasteiger partial charge in [0.2, 0.25) is 5.91 Å². The zero-order valence-corrected chi connectivity index (χ0v) is 18.9. The Labute approximate surface area is 186 Å². The Morgan fingerprint density at radius 3 is 2.55 bits per heavy atom. The fraction of sp³-hybridized carbons (Fsp3) is 0.304. The van der Waals surface area contributed by atoms with Gasteiger partial charge in [0, 0.05) is 23.9 Å². The van der Waals surface area contributed by atoms with Gasteiger partial charge in [-0.25, -0.2) is 0 Å². The molecule has 1 aromatic heterocycles. The maximum Gasteiger partial charge on any atom is 0.237 e. The number of Topliss-reactive ketones (excluding diaryl/α,β-unsaturated/α-hetero) is 1. The first-order valence-electron chi connectivity index (χ1n) is 9.96. The quantitative estimate of drug-likeness (QED) is 0.398. The second-order valence-corrected chi connectivity index (χ2v) is 8.51. The molecule has 3 rings (SSSR count). The summed E-state index contributed by atoms with van der Waals surface area (Å²) in [6, 6.07) is 14.9. The van der Waals surface area contributed by atoms with Crippen LogP contribution in [0, 0.1) is 6.92 Å². The Hall–Kier alpha value is -2.97. The third-order valence-corrected chi connectivity index (χ3v) is 5.80. The molecule has 1 heterocycles. The number of anilines is 1. The maximum atomic E-state index is 12.7. The number of thioether (sulfide) groups is 1. The Morgan fingerprint density at radius 2 is 1.90 bits per heavy atom. The highest BCUT2D eigenvalue weighted by Crippen LogP contribution is 2.28. The number of methoxy groups -OCH3 is 1. The number of ketones is 1. The number of ether oxygens (including phenoxy) is 1. The van der Waals surface area contributed by atoms with Crippen LogP contribution in [0.2, 0.25) is 0 Å². The predicted octanol–water partition coefficient (Wildman–Crippen LogP) is 4.22. The highest BCUT2D eigenvalue weighted by atomic mass is 32.2. The molecule has 0 radical (unpaired) electrons. The number of hydrogen-bond donors (Lipinski definition) is 1. The van der Waals surface area contributed by atoms with E-state index < -0.39 is 5.25 Å². The lowest BCUT2D eigenvalue weighted by atomic mass is 10.1. The highest BCUT2D eigenvalue weighted by molar-refractivity contribution is 8.00. The van der Waals surface area contributed by atoms with Crippen molar-refractivity contribution in [2.75, 3.05) is 19.0 Å². The largest absolute Gasteiger partial charge is 0.383 e. The number of carbonyl (C=O) groups excluding carboxylic acids is 2. The van der Waals surface area contributed by atoms with Crippen molar-refractivity contribution in [3.8, 4) is 11.4 Å². The molecule has 1 atom stereocenters. The summed E-state index contributed by atoms with van der Waals surface area (Å²) in [6.07, 6.45) is 0. The van der Waals surface area contributed by atoms with Crippen molar-refractivity contribution in [2.45, 2.75) is 37.7 Å². The number of aromatic nitrogens is 3. The molecule has 31 heavy (non-hydrogen) atoms. The summed E-state index contributed by atoms with van der Waals surface area (Å²) in [7, 11) is 1.65. The van der Waals surface area contributed by atoms with E-state index in [4.69, 9.17) is 4.74 Å². The van der Waals surface area contributed by atoms with Crippen LogP contribution in [-0.2, 0) is 16.1 Å². The second-order valence-electron chi connectivity index (χ2n) is 7.20. The normalized spacial score (nSPS) is 11.9. The molecule has 1 unspecified atom stereocenters. The van der Waals surface area contributed by atoms with Gasteiger partial charge >= 0.3 is 0 Å². The minimum atomic E-state index is -0.400. The standard InChI is InChI=1S/C23H26N4O3S/c1-15-6-5-7-19(14-15)21-25-26-23(27(21)12-13-30-4)31-17(3)22(29)24-20-10-8-18(9-11-20)16(2)28/h5-11,14,17H,12-13H2,1-4H3,(H,24,29). The Balaban J connectivity index is 1.75. The molecule has 0 aliphatic rings. The molecule has 0 saturated carbocycles. The van der Waals surface area contributed by atoms with Gasteiger partial charge in [-0.05, 0) is 51.1 Å². The molecular formula is C23H26N4O3S. The first kappa shape index (κ1) is 22.7. The summed E-state index contributed by atoms with van der Waals surface area (Å²) in [5.74, 6) is 0.580. The van der Waals surface area contributed by atoms with Crippen molar-refractivity contribution >= 4 is 29.1 Å². The third-order valence-electron chi connectivity index (χ3n) is 4.72. The van der Waals surface area contributed by atoms with Gasteiger partial charge < -0.3 is 10.1 Å². The number of aryl methyl sites for hydroxylation is 1. The van der Waals surface area contributed by atoms with Crippen molar-refractivity contribution in [1.29, 1.82) is 0 Å². The molecule has 0 spiro atoms. The molecule has 0 saturated heterocycles. The minimum absolute atomic E-state index is 0.0124. The SMILES string of the molecule is COCCn1c(SC(C)C(=O)Nc2ccc(C(C)=O)cc2)nnc1-c1cccc(C)c1. The van der Waals surface area contributed by atoms with Gasteiger partial charge in [0.15, 0.2) is 16.8 Å². The summed E-state index contributed by atoms with van der Waals surface area (Å²) in [5.41, 5.74) is 3.36. The van der Waals surface area contributed by atoms with Crippen LogP contribution in [0.5, 0.6) is 0 Å². The molecule has 0 aliphatic carbocycles. The number of carbonyl (C=O) groups is 2. The summed E-state index contributed by atoms with van der Waals surface area (Å²) >= 11 is 1.34. The van der Waals surface area contributed by atoms with Gasteiger partial charge in [-0.2, -0.15) is 0 Å². The molecule has 8 heteroatoms. The van der Waals surface area contributed by atoms with E-state index in [2.05, 4.69) is 21.6 Å². The summed E-state index contributed by atoms with van der Waals surface area (Å²) in [4.78, 5) is 24.1. The number of nitrogens with one attached hydrogen (secondary N) is 1. The number of nitrogens with zero attached hydrogens (tertiary/aromatic N) is 3. The summed E-state index contributed by atoms with van der Waals surface area (Å²) in [6.45, 7) is 6.45. The first-order chi connectivity index (χ1) is 14.9. The average molecular weight is 439 g/mol. The van der Waals surface area contributed by atoms with Crippen molar-refractivity contribution in [1.82, 2.24) is 14.8 Å². The van der Waals surface area contributed by atoms with E-state index in [1.54, 1.807) is 31.4 Å². The second kappa shape index (κ2) is 10.4. The van der Waals surface area contributed by atoms with Crippen molar-refractivity contribution in [2.24, 2.45) is 0 Å². The van der Waals surface area contributed by atoms with Crippen molar-refractivity contribution < 1.29 is 14.3 Å². The van der Waals surface area contributed by atoms with Crippen LogP contribution in [0.15, 0.2) is 53.7 Å². The smallest absolute Gasteiger partial charge is 0.237 e. The average Bonchev–Trinajstić information content (AvgIpc) is 3.14. The van der Waals surface area contributed by atoms with Crippen molar-refractivity contribution in [3.05, 3.63) is 59.7 Å². The number of amides is 1. The Kier molecular flexibility index (Phi) is 7.59. The maximum absolute atomic E-state index is 12.7. The molecule has 0 fully saturated rings. The molecule has 1 N–H and O–H groups in total. The highest BCUT2D eigenvalue weighted by Gasteiger charge is 2.21. The van der Waals surface area contributed by atoms with Gasteiger partial charge in [-0.1, -0.05) is 35.5 Å². The molecule has 162 valence electrons. The van der Waals surface area contributed by atoms with Crippen LogP contribution in [0.3, 0.4) is 0 Å². The lowest BCUT2D eigenvalue weighted by Crippen LogP contribution is -2.23. The lowest BCUT2D eigenvalue weighted by Gasteiger charge is -2.14. The van der Waals surface area contributed by atoms with E-state index in [0.717, 1.165) is 17.0 Å².